The summed E-state index contributed by atoms with van der Waals surface area (Å²) >= 11 is 1.45. The van der Waals surface area contributed by atoms with Gasteiger partial charge >= 0.3 is 0 Å². The summed E-state index contributed by atoms with van der Waals surface area (Å²) in [6.07, 6.45) is 3.37. The Morgan fingerprint density at radius 2 is 1.73 bits per heavy atom. The van der Waals surface area contributed by atoms with Crippen LogP contribution in [0.25, 0.3) is 11.3 Å². The van der Waals surface area contributed by atoms with E-state index in [2.05, 4.69) is 16.7 Å². The molecule has 0 aliphatic carbocycles. The van der Waals surface area contributed by atoms with Crippen LogP contribution in [0.3, 0.4) is 0 Å². The lowest BCUT2D eigenvalue weighted by Crippen LogP contribution is -2.12. The Bertz CT molecular complexity index is 1090. The second-order valence-electron chi connectivity index (χ2n) is 6.05. The molecule has 2 aromatic carbocycles. The monoisotopic (exact) mass is 427 g/mol. The number of nitrogens with zero attached hydrogens (tertiary/aromatic N) is 3. The number of hydrogen-bond donors (Lipinski definition) is 0. The van der Waals surface area contributed by atoms with E-state index in [0.717, 1.165) is 16.8 Å². The smallest absolute Gasteiger partial charge is 0.206 e. The first kappa shape index (κ1) is 21.3. The number of aromatic nitrogens is 1. The van der Waals surface area contributed by atoms with Crippen LogP contribution in [0.1, 0.15) is 5.56 Å². The van der Waals surface area contributed by atoms with Crippen molar-refractivity contribution >= 4 is 17.6 Å². The lowest BCUT2D eigenvalue weighted by Gasteiger charge is -2.14. The van der Waals surface area contributed by atoms with Gasteiger partial charge in [-0.3, -0.25) is 4.99 Å². The van der Waals surface area contributed by atoms with E-state index < -0.39 is 0 Å². The zero-order valence-corrected chi connectivity index (χ0v) is 17.8. The molecule has 0 aliphatic rings. The lowest BCUT2D eigenvalue weighted by molar-refractivity contribution is 0.324. The van der Waals surface area contributed by atoms with E-state index in [-0.39, 0.29) is 5.82 Å². The SMILES string of the molecule is C=CCN=c1scc(-c2cc(OC)c(OC)c(OC)c2)n1N=Cc1ccc(F)cc1. The largest absolute Gasteiger partial charge is 0.493 e. The Morgan fingerprint density at radius 3 is 2.30 bits per heavy atom. The van der Waals surface area contributed by atoms with Crippen LogP contribution in [-0.2, 0) is 0 Å². The van der Waals surface area contributed by atoms with Gasteiger partial charge in [-0.1, -0.05) is 18.2 Å². The van der Waals surface area contributed by atoms with E-state index in [1.54, 1.807) is 50.4 Å². The van der Waals surface area contributed by atoms with Gasteiger partial charge in [-0.15, -0.1) is 17.9 Å². The zero-order chi connectivity index (χ0) is 21.5. The molecule has 0 atom stereocenters. The molecule has 0 radical (unpaired) electrons. The van der Waals surface area contributed by atoms with Crippen molar-refractivity contribution in [2.24, 2.45) is 10.1 Å². The number of methoxy groups -OCH3 is 3. The van der Waals surface area contributed by atoms with Crippen LogP contribution in [0, 0.1) is 5.82 Å². The van der Waals surface area contributed by atoms with E-state index in [1.807, 2.05) is 17.5 Å². The summed E-state index contributed by atoms with van der Waals surface area (Å²) in [5, 5.41) is 6.54. The highest BCUT2D eigenvalue weighted by Gasteiger charge is 2.16. The molecular formula is C22H22FN3O3S. The van der Waals surface area contributed by atoms with Crippen LogP contribution < -0.4 is 19.0 Å². The third kappa shape index (κ3) is 4.60. The van der Waals surface area contributed by atoms with Crippen molar-refractivity contribution in [1.29, 1.82) is 0 Å². The molecule has 0 fully saturated rings. The van der Waals surface area contributed by atoms with Crippen LogP contribution >= 0.6 is 11.3 Å². The number of thiazole rings is 1. The summed E-state index contributed by atoms with van der Waals surface area (Å²) in [6, 6.07) is 9.80. The molecule has 3 rings (SSSR count). The first-order valence-corrected chi connectivity index (χ1v) is 9.91. The second kappa shape index (κ2) is 9.89. The Morgan fingerprint density at radius 1 is 1.07 bits per heavy atom. The number of benzene rings is 2. The van der Waals surface area contributed by atoms with Crippen LogP contribution in [0.15, 0.2) is 64.5 Å². The maximum absolute atomic E-state index is 13.2. The summed E-state index contributed by atoms with van der Waals surface area (Å²) in [6.45, 7) is 4.18. The van der Waals surface area contributed by atoms with Crippen molar-refractivity contribution in [1.82, 2.24) is 4.68 Å². The van der Waals surface area contributed by atoms with E-state index in [4.69, 9.17) is 14.2 Å². The maximum atomic E-state index is 13.2. The second-order valence-corrected chi connectivity index (χ2v) is 6.89. The van der Waals surface area contributed by atoms with Gasteiger partial charge in [-0.2, -0.15) is 5.10 Å². The Balaban J connectivity index is 2.15. The normalized spacial score (nSPS) is 11.7. The molecule has 1 heterocycles. The van der Waals surface area contributed by atoms with Gasteiger partial charge < -0.3 is 14.2 Å². The van der Waals surface area contributed by atoms with E-state index in [1.165, 1.54) is 23.5 Å². The molecule has 8 heteroatoms. The third-order valence-electron chi connectivity index (χ3n) is 4.19. The molecule has 0 bridgehead atoms. The first-order valence-electron chi connectivity index (χ1n) is 9.03. The Kier molecular flexibility index (Phi) is 7.03. The lowest BCUT2D eigenvalue weighted by atomic mass is 10.1. The number of halogens is 1. The number of hydrogen-bond acceptors (Lipinski definition) is 6. The molecule has 30 heavy (non-hydrogen) atoms. The van der Waals surface area contributed by atoms with Gasteiger partial charge in [0.2, 0.25) is 10.6 Å². The molecular weight excluding hydrogens is 405 g/mol. The summed E-state index contributed by atoms with van der Waals surface area (Å²) in [5.74, 6) is 1.29. The number of rotatable bonds is 8. The van der Waals surface area contributed by atoms with Gasteiger partial charge in [0.15, 0.2) is 11.5 Å². The van der Waals surface area contributed by atoms with E-state index >= 15 is 0 Å². The van der Waals surface area contributed by atoms with Gasteiger partial charge in [-0.25, -0.2) is 9.07 Å². The fourth-order valence-corrected chi connectivity index (χ4v) is 3.61. The average molecular weight is 428 g/mol. The fourth-order valence-electron chi connectivity index (χ4n) is 2.76. The Labute approximate surface area is 178 Å². The molecule has 0 spiro atoms. The predicted molar refractivity (Wildman–Crippen MR) is 117 cm³/mol. The summed E-state index contributed by atoms with van der Waals surface area (Å²) < 4.78 is 31.3. The molecule has 0 N–H and O–H groups in total. The minimum absolute atomic E-state index is 0.296. The standard InChI is InChI=1S/C22H22FN3O3S/c1-5-10-24-22-26(25-13-15-6-8-17(23)9-7-15)18(14-30-22)16-11-19(27-2)21(29-4)20(12-16)28-3/h5-9,11-14H,1,10H2,2-4H3. The fraction of sp³-hybridized carbons (Fsp3) is 0.182. The molecule has 0 saturated heterocycles. The Hall–Kier alpha value is -3.39. The van der Waals surface area contributed by atoms with Crippen molar-refractivity contribution in [2.75, 3.05) is 27.9 Å². The van der Waals surface area contributed by atoms with Gasteiger partial charge in [0.25, 0.3) is 0 Å². The summed E-state index contributed by atoms with van der Waals surface area (Å²) in [4.78, 5) is 5.21. The zero-order valence-electron chi connectivity index (χ0n) is 17.0. The van der Waals surface area contributed by atoms with Gasteiger partial charge in [-0.05, 0) is 29.8 Å². The van der Waals surface area contributed by atoms with Crippen molar-refractivity contribution in [2.45, 2.75) is 0 Å². The highest BCUT2D eigenvalue weighted by atomic mass is 32.1. The quantitative estimate of drug-likeness (QED) is 0.397. The van der Waals surface area contributed by atoms with Gasteiger partial charge in [0, 0.05) is 10.9 Å². The number of ether oxygens (including phenoxy) is 3. The maximum Gasteiger partial charge on any atom is 0.206 e. The van der Waals surface area contributed by atoms with Gasteiger partial charge in [0.1, 0.15) is 5.82 Å². The topological polar surface area (TPSA) is 57.3 Å². The van der Waals surface area contributed by atoms with Crippen molar-refractivity contribution in [3.8, 4) is 28.5 Å². The van der Waals surface area contributed by atoms with Crippen LogP contribution in [0.2, 0.25) is 0 Å². The molecule has 1 aromatic heterocycles. The summed E-state index contributed by atoms with van der Waals surface area (Å²) in [5.41, 5.74) is 2.37. The molecule has 3 aromatic rings. The van der Waals surface area contributed by atoms with Crippen LogP contribution in [-0.4, -0.2) is 38.8 Å². The molecule has 0 amide bonds. The molecule has 156 valence electrons. The van der Waals surface area contributed by atoms with Crippen LogP contribution in [0.5, 0.6) is 17.2 Å². The molecule has 0 aliphatic heterocycles. The molecule has 0 unspecified atom stereocenters. The van der Waals surface area contributed by atoms with Crippen molar-refractivity contribution < 1.29 is 18.6 Å². The van der Waals surface area contributed by atoms with Crippen molar-refractivity contribution in [3.63, 3.8) is 0 Å². The van der Waals surface area contributed by atoms with E-state index in [9.17, 15) is 4.39 Å². The minimum Gasteiger partial charge on any atom is -0.493 e. The minimum atomic E-state index is -0.296. The van der Waals surface area contributed by atoms with E-state index in [0.29, 0.717) is 28.6 Å². The average Bonchev–Trinajstić information content (AvgIpc) is 3.18. The molecule has 0 saturated carbocycles. The predicted octanol–water partition coefficient (Wildman–Crippen LogP) is 4.35. The molecule has 6 nitrogen and oxygen atoms in total. The van der Waals surface area contributed by atoms with Gasteiger partial charge in [0.05, 0.1) is 39.8 Å². The first-order chi connectivity index (χ1) is 14.6. The highest BCUT2D eigenvalue weighted by molar-refractivity contribution is 7.07. The highest BCUT2D eigenvalue weighted by Crippen LogP contribution is 2.41. The summed E-state index contributed by atoms with van der Waals surface area (Å²) in [7, 11) is 4.70. The third-order valence-corrected chi connectivity index (χ3v) is 5.05. The van der Waals surface area contributed by atoms with Crippen LogP contribution in [0.4, 0.5) is 4.39 Å². The van der Waals surface area contributed by atoms with Crippen molar-refractivity contribution in [3.05, 3.63) is 70.6 Å².